The fraction of sp³-hybridized carbons (Fsp3) is 0.421. The molecule has 25 heavy (non-hydrogen) atoms. The van der Waals surface area contributed by atoms with Crippen LogP contribution < -0.4 is 0 Å². The van der Waals surface area contributed by atoms with Crippen molar-refractivity contribution < 1.29 is 14.3 Å². The zero-order chi connectivity index (χ0) is 18.0. The first-order chi connectivity index (χ1) is 12.0. The average Bonchev–Trinajstić information content (AvgIpc) is 2.61. The van der Waals surface area contributed by atoms with Gasteiger partial charge in [0.15, 0.2) is 0 Å². The fourth-order valence-electron chi connectivity index (χ4n) is 3.32. The van der Waals surface area contributed by atoms with E-state index in [0.29, 0.717) is 17.7 Å². The normalized spacial score (nSPS) is 18.5. The summed E-state index contributed by atoms with van der Waals surface area (Å²) in [5.41, 5.74) is 1.55. The second-order valence-electron chi connectivity index (χ2n) is 6.75. The lowest BCUT2D eigenvalue weighted by molar-refractivity contribution is 0.0697. The summed E-state index contributed by atoms with van der Waals surface area (Å²) in [5, 5.41) is 9.28. The molecule has 6 heteroatoms. The van der Waals surface area contributed by atoms with Gasteiger partial charge in [0.05, 0.1) is 23.1 Å². The molecule has 1 aromatic heterocycles. The highest BCUT2D eigenvalue weighted by Gasteiger charge is 2.24. The number of likely N-dealkylation sites (tertiary alicyclic amines) is 1. The molecule has 1 fully saturated rings. The second-order valence-corrected chi connectivity index (χ2v) is 6.75. The van der Waals surface area contributed by atoms with Crippen LogP contribution in [0.5, 0.6) is 0 Å². The zero-order valence-electron chi connectivity index (χ0n) is 14.4. The molecule has 0 radical (unpaired) electrons. The largest absolute Gasteiger partial charge is 0.478 e. The van der Waals surface area contributed by atoms with Crippen molar-refractivity contribution in [3.63, 3.8) is 0 Å². The number of carbonyl (C=O) groups is 1. The maximum atomic E-state index is 13.5. The van der Waals surface area contributed by atoms with E-state index in [0.717, 1.165) is 37.7 Å². The Morgan fingerprint density at radius 2 is 2.12 bits per heavy atom. The molecule has 1 aromatic carbocycles. The number of nitrogens with zero attached hydrogens (tertiary/aromatic N) is 3. The number of hydrogen-bond acceptors (Lipinski definition) is 4. The number of aromatic carboxylic acids is 1. The van der Waals surface area contributed by atoms with Crippen LogP contribution in [-0.4, -0.2) is 45.1 Å². The number of halogens is 1. The van der Waals surface area contributed by atoms with E-state index in [1.165, 1.54) is 12.1 Å². The van der Waals surface area contributed by atoms with E-state index in [2.05, 4.69) is 28.7 Å². The highest BCUT2D eigenvalue weighted by molar-refractivity contribution is 5.95. The third-order valence-corrected chi connectivity index (χ3v) is 4.76. The van der Waals surface area contributed by atoms with Crippen molar-refractivity contribution in [2.45, 2.75) is 38.6 Å². The molecule has 132 valence electrons. The molecule has 0 unspecified atom stereocenters. The lowest BCUT2D eigenvalue weighted by Crippen LogP contribution is -2.39. The Hall–Kier alpha value is -2.34. The number of aromatic nitrogens is 2. The molecule has 0 bridgehead atoms. The molecule has 1 aliphatic rings. The zero-order valence-corrected chi connectivity index (χ0v) is 14.4. The third kappa shape index (κ3) is 3.85. The van der Waals surface area contributed by atoms with Gasteiger partial charge in [-0.1, -0.05) is 0 Å². The van der Waals surface area contributed by atoms with Crippen LogP contribution in [0.2, 0.25) is 0 Å². The molecule has 1 atom stereocenters. The van der Waals surface area contributed by atoms with Crippen molar-refractivity contribution in [1.29, 1.82) is 0 Å². The van der Waals surface area contributed by atoms with Gasteiger partial charge < -0.3 is 10.0 Å². The van der Waals surface area contributed by atoms with Crippen molar-refractivity contribution in [3.8, 4) is 11.3 Å². The topological polar surface area (TPSA) is 66.3 Å². The quantitative estimate of drug-likeness (QED) is 0.919. The van der Waals surface area contributed by atoms with E-state index in [9.17, 15) is 14.3 Å². The molecular formula is C19H22FN3O2. The highest BCUT2D eigenvalue weighted by atomic mass is 19.1. The Balaban J connectivity index is 1.86. The standard InChI is InChI=1S/C19H22FN3O2/c1-12(2)23-7-3-4-13(11-23)17-9-22-18(10-21-17)16-8-14(20)5-6-15(16)19(24)25/h5-6,8-10,12-13H,3-4,7,11H2,1-2H3,(H,24,25)/t13-/m0/s1. The maximum Gasteiger partial charge on any atom is 0.336 e. The first-order valence-electron chi connectivity index (χ1n) is 8.55. The number of benzene rings is 1. The van der Waals surface area contributed by atoms with E-state index in [4.69, 9.17) is 0 Å². The van der Waals surface area contributed by atoms with E-state index in [-0.39, 0.29) is 11.1 Å². The van der Waals surface area contributed by atoms with Gasteiger partial charge in [-0.05, 0) is 51.4 Å². The Kier molecular flexibility index (Phi) is 5.08. The highest BCUT2D eigenvalue weighted by Crippen LogP contribution is 2.28. The van der Waals surface area contributed by atoms with Crippen LogP contribution in [0.1, 0.15) is 48.7 Å². The summed E-state index contributed by atoms with van der Waals surface area (Å²) in [6.07, 6.45) is 5.43. The Morgan fingerprint density at radius 3 is 2.76 bits per heavy atom. The van der Waals surface area contributed by atoms with Crippen LogP contribution >= 0.6 is 0 Å². The van der Waals surface area contributed by atoms with Crippen molar-refractivity contribution in [2.24, 2.45) is 0 Å². The molecule has 2 heterocycles. The predicted octanol–water partition coefficient (Wildman–Crippen LogP) is 3.57. The molecule has 0 saturated carbocycles. The minimum Gasteiger partial charge on any atom is -0.478 e. The van der Waals surface area contributed by atoms with Crippen molar-refractivity contribution in [1.82, 2.24) is 14.9 Å². The summed E-state index contributed by atoms with van der Waals surface area (Å²) >= 11 is 0. The molecule has 5 nitrogen and oxygen atoms in total. The number of piperidine rings is 1. The lowest BCUT2D eigenvalue weighted by atomic mass is 9.94. The van der Waals surface area contributed by atoms with Crippen LogP contribution in [0.25, 0.3) is 11.3 Å². The minimum absolute atomic E-state index is 0.0205. The Bertz CT molecular complexity index is 762. The summed E-state index contributed by atoms with van der Waals surface area (Å²) in [7, 11) is 0. The van der Waals surface area contributed by atoms with Crippen LogP contribution in [0.4, 0.5) is 4.39 Å². The Labute approximate surface area is 146 Å². The first-order valence-corrected chi connectivity index (χ1v) is 8.55. The number of rotatable bonds is 4. The van der Waals surface area contributed by atoms with Gasteiger partial charge in [0.1, 0.15) is 5.82 Å². The van der Waals surface area contributed by atoms with E-state index >= 15 is 0 Å². The predicted molar refractivity (Wildman–Crippen MR) is 93.1 cm³/mol. The van der Waals surface area contributed by atoms with Crippen molar-refractivity contribution >= 4 is 5.97 Å². The van der Waals surface area contributed by atoms with E-state index < -0.39 is 11.8 Å². The van der Waals surface area contributed by atoms with Gasteiger partial charge in [-0.3, -0.25) is 9.97 Å². The van der Waals surface area contributed by atoms with Gasteiger partial charge in [-0.2, -0.15) is 0 Å². The molecule has 0 amide bonds. The van der Waals surface area contributed by atoms with Gasteiger partial charge in [0.25, 0.3) is 0 Å². The number of hydrogen-bond donors (Lipinski definition) is 1. The van der Waals surface area contributed by atoms with Crippen molar-refractivity contribution in [3.05, 3.63) is 47.7 Å². The molecular weight excluding hydrogens is 321 g/mol. The van der Waals surface area contributed by atoms with Crippen LogP contribution in [0.3, 0.4) is 0 Å². The SMILES string of the molecule is CC(C)N1CCC[C@H](c2cnc(-c3cc(F)ccc3C(=O)O)cn2)C1. The molecule has 1 saturated heterocycles. The number of carboxylic acids is 1. The lowest BCUT2D eigenvalue weighted by Gasteiger charge is -2.35. The smallest absolute Gasteiger partial charge is 0.336 e. The minimum atomic E-state index is -1.11. The van der Waals surface area contributed by atoms with Gasteiger partial charge in [-0.25, -0.2) is 9.18 Å². The van der Waals surface area contributed by atoms with Gasteiger partial charge >= 0.3 is 5.97 Å². The fourth-order valence-corrected chi connectivity index (χ4v) is 3.32. The molecule has 1 aliphatic heterocycles. The Morgan fingerprint density at radius 1 is 1.32 bits per heavy atom. The monoisotopic (exact) mass is 343 g/mol. The third-order valence-electron chi connectivity index (χ3n) is 4.76. The first kappa shape index (κ1) is 17.5. The second kappa shape index (κ2) is 7.27. The molecule has 0 spiro atoms. The summed E-state index contributed by atoms with van der Waals surface area (Å²) in [6.45, 7) is 6.43. The van der Waals surface area contributed by atoms with Crippen LogP contribution in [0.15, 0.2) is 30.6 Å². The van der Waals surface area contributed by atoms with Crippen LogP contribution in [0, 0.1) is 5.82 Å². The molecule has 3 rings (SSSR count). The van der Waals surface area contributed by atoms with Gasteiger partial charge in [0, 0.05) is 30.3 Å². The average molecular weight is 343 g/mol. The van der Waals surface area contributed by atoms with E-state index in [1.54, 1.807) is 12.4 Å². The summed E-state index contributed by atoms with van der Waals surface area (Å²) in [5.74, 6) is -1.28. The van der Waals surface area contributed by atoms with Crippen molar-refractivity contribution in [2.75, 3.05) is 13.1 Å². The van der Waals surface area contributed by atoms with E-state index in [1.807, 2.05) is 0 Å². The molecule has 0 aliphatic carbocycles. The summed E-state index contributed by atoms with van der Waals surface area (Å²) < 4.78 is 13.5. The van der Waals surface area contributed by atoms with Crippen LogP contribution in [-0.2, 0) is 0 Å². The molecule has 2 aromatic rings. The summed E-state index contributed by atoms with van der Waals surface area (Å²) in [4.78, 5) is 22.6. The number of carboxylic acid groups (broad SMARTS) is 1. The summed E-state index contributed by atoms with van der Waals surface area (Å²) in [6, 6.07) is 4.08. The van der Waals surface area contributed by atoms with Gasteiger partial charge in [0.2, 0.25) is 0 Å². The van der Waals surface area contributed by atoms with Gasteiger partial charge in [-0.15, -0.1) is 0 Å². The molecule has 1 N–H and O–H groups in total. The maximum absolute atomic E-state index is 13.5.